The van der Waals surface area contributed by atoms with Gasteiger partial charge in [0.2, 0.25) is 11.8 Å². The maximum Gasteiger partial charge on any atom is 0.220 e. The molecule has 5 nitrogen and oxygen atoms in total. The Morgan fingerprint density at radius 1 is 1.28 bits per heavy atom. The smallest absolute Gasteiger partial charge is 0.220 e. The topological polar surface area (TPSA) is 58.6 Å². The first-order chi connectivity index (χ1) is 11.9. The molecular formula is C20H28N2O3. The molecule has 1 N–H and O–H groups in total. The molecular weight excluding hydrogens is 316 g/mol. The van der Waals surface area contributed by atoms with E-state index in [9.17, 15) is 9.59 Å². The molecule has 5 heteroatoms. The molecule has 1 atom stereocenters. The summed E-state index contributed by atoms with van der Waals surface area (Å²) in [6.07, 6.45) is 2.90. The minimum Gasteiger partial charge on any atom is -0.487 e. The Balaban J connectivity index is 1.79. The van der Waals surface area contributed by atoms with Crippen molar-refractivity contribution in [3.05, 3.63) is 29.8 Å². The second-order valence-electron chi connectivity index (χ2n) is 7.75. The van der Waals surface area contributed by atoms with Crippen LogP contribution in [0.5, 0.6) is 5.75 Å². The molecule has 0 radical (unpaired) electrons. The number of rotatable bonds is 3. The van der Waals surface area contributed by atoms with E-state index >= 15 is 0 Å². The molecule has 2 aliphatic rings. The van der Waals surface area contributed by atoms with Crippen molar-refractivity contribution in [1.29, 1.82) is 0 Å². The average Bonchev–Trinajstić information content (AvgIpc) is 2.54. The zero-order chi connectivity index (χ0) is 18.0. The number of carbonyl (C=O) groups is 2. The van der Waals surface area contributed by atoms with Crippen LogP contribution in [0.4, 0.5) is 0 Å². The number of hydrogen-bond acceptors (Lipinski definition) is 3. The van der Waals surface area contributed by atoms with E-state index in [0.29, 0.717) is 25.4 Å². The molecule has 2 heterocycles. The fourth-order valence-electron chi connectivity index (χ4n) is 3.91. The standard InChI is InChI=1S/C20H28N2O3/c1-14(2)12-19(24)21-17-13-20(8-10-22(11-9-20)15(3)23)25-18-7-5-4-6-16(17)18/h4-7,14,17H,8-13H2,1-3H3,(H,21,24)/t17-/m0/s1. The summed E-state index contributed by atoms with van der Waals surface area (Å²) in [5.41, 5.74) is 0.759. The number of ether oxygens (including phenoxy) is 1. The van der Waals surface area contributed by atoms with E-state index in [1.54, 1.807) is 6.92 Å². The van der Waals surface area contributed by atoms with Gasteiger partial charge in [-0.3, -0.25) is 9.59 Å². The molecule has 0 unspecified atom stereocenters. The van der Waals surface area contributed by atoms with E-state index in [2.05, 4.69) is 19.2 Å². The SMILES string of the molecule is CC(=O)N1CCC2(CC1)C[C@H](NC(=O)CC(C)C)c1ccccc1O2. The Bertz CT molecular complexity index is 648. The lowest BCUT2D eigenvalue weighted by Crippen LogP contribution is -2.53. The largest absolute Gasteiger partial charge is 0.487 e. The van der Waals surface area contributed by atoms with E-state index < -0.39 is 0 Å². The number of likely N-dealkylation sites (tertiary alicyclic amines) is 1. The zero-order valence-electron chi connectivity index (χ0n) is 15.4. The number of hydrogen-bond donors (Lipinski definition) is 1. The molecule has 0 aliphatic carbocycles. The van der Waals surface area contributed by atoms with Crippen LogP contribution < -0.4 is 10.1 Å². The first kappa shape index (κ1) is 17.8. The van der Waals surface area contributed by atoms with Crippen LogP contribution in [-0.4, -0.2) is 35.4 Å². The van der Waals surface area contributed by atoms with Crippen molar-refractivity contribution in [2.45, 2.75) is 58.1 Å². The number of fused-ring (bicyclic) bond motifs is 1. The highest BCUT2D eigenvalue weighted by molar-refractivity contribution is 5.77. The van der Waals surface area contributed by atoms with Crippen molar-refractivity contribution in [2.75, 3.05) is 13.1 Å². The molecule has 0 saturated carbocycles. The monoisotopic (exact) mass is 344 g/mol. The maximum absolute atomic E-state index is 12.3. The summed E-state index contributed by atoms with van der Waals surface area (Å²) in [6, 6.07) is 7.94. The van der Waals surface area contributed by atoms with Gasteiger partial charge in [0.25, 0.3) is 0 Å². The van der Waals surface area contributed by atoms with Crippen molar-refractivity contribution < 1.29 is 14.3 Å². The summed E-state index contributed by atoms with van der Waals surface area (Å²) in [7, 11) is 0. The van der Waals surface area contributed by atoms with Gasteiger partial charge in [0.05, 0.1) is 6.04 Å². The number of amides is 2. The number of para-hydroxylation sites is 1. The van der Waals surface area contributed by atoms with Crippen molar-refractivity contribution in [2.24, 2.45) is 5.92 Å². The Morgan fingerprint density at radius 2 is 1.96 bits per heavy atom. The van der Waals surface area contributed by atoms with E-state index in [4.69, 9.17) is 4.74 Å². The molecule has 2 amide bonds. The second kappa shape index (κ2) is 7.06. The Labute approximate surface area is 149 Å². The number of piperidine rings is 1. The first-order valence-corrected chi connectivity index (χ1v) is 9.21. The van der Waals surface area contributed by atoms with Crippen molar-refractivity contribution in [3.63, 3.8) is 0 Å². The van der Waals surface area contributed by atoms with E-state index in [1.807, 2.05) is 29.2 Å². The number of carbonyl (C=O) groups excluding carboxylic acids is 2. The molecule has 1 saturated heterocycles. The summed E-state index contributed by atoms with van der Waals surface area (Å²) in [6.45, 7) is 7.14. The highest BCUT2D eigenvalue weighted by Gasteiger charge is 2.44. The Morgan fingerprint density at radius 3 is 2.60 bits per heavy atom. The Hall–Kier alpha value is -2.04. The lowest BCUT2D eigenvalue weighted by atomic mass is 9.80. The van der Waals surface area contributed by atoms with Crippen LogP contribution in [0, 0.1) is 5.92 Å². The predicted molar refractivity (Wildman–Crippen MR) is 96.2 cm³/mol. The van der Waals surface area contributed by atoms with Crippen molar-refractivity contribution in [1.82, 2.24) is 10.2 Å². The quantitative estimate of drug-likeness (QED) is 0.917. The molecule has 0 bridgehead atoms. The van der Waals surface area contributed by atoms with Crippen LogP contribution in [-0.2, 0) is 9.59 Å². The van der Waals surface area contributed by atoms with Gasteiger partial charge in [0, 0.05) is 51.3 Å². The summed E-state index contributed by atoms with van der Waals surface area (Å²) >= 11 is 0. The summed E-state index contributed by atoms with van der Waals surface area (Å²) in [4.78, 5) is 25.8. The minimum atomic E-state index is -0.296. The van der Waals surface area contributed by atoms with Gasteiger partial charge in [-0.05, 0) is 12.0 Å². The lowest BCUT2D eigenvalue weighted by molar-refractivity contribution is -0.133. The fourth-order valence-corrected chi connectivity index (χ4v) is 3.91. The van der Waals surface area contributed by atoms with E-state index in [0.717, 1.165) is 30.6 Å². The van der Waals surface area contributed by atoms with Gasteiger partial charge in [-0.15, -0.1) is 0 Å². The van der Waals surface area contributed by atoms with Gasteiger partial charge in [0.1, 0.15) is 11.4 Å². The molecule has 136 valence electrons. The molecule has 25 heavy (non-hydrogen) atoms. The predicted octanol–water partition coefficient (Wildman–Crippen LogP) is 3.05. The normalized spacial score (nSPS) is 21.6. The highest BCUT2D eigenvalue weighted by atomic mass is 16.5. The average molecular weight is 344 g/mol. The van der Waals surface area contributed by atoms with Crippen molar-refractivity contribution in [3.8, 4) is 5.75 Å². The molecule has 3 rings (SSSR count). The van der Waals surface area contributed by atoms with Gasteiger partial charge in [0.15, 0.2) is 0 Å². The van der Waals surface area contributed by atoms with Gasteiger partial charge in [-0.1, -0.05) is 32.0 Å². The van der Waals surface area contributed by atoms with Crippen LogP contribution >= 0.6 is 0 Å². The van der Waals surface area contributed by atoms with Crippen molar-refractivity contribution >= 4 is 11.8 Å². The van der Waals surface area contributed by atoms with E-state index in [-0.39, 0.29) is 23.5 Å². The molecule has 1 aromatic rings. The Kier molecular flexibility index (Phi) is 5.02. The van der Waals surface area contributed by atoms with Gasteiger partial charge in [-0.25, -0.2) is 0 Å². The van der Waals surface area contributed by atoms with Crippen LogP contribution in [0.1, 0.15) is 58.1 Å². The summed E-state index contributed by atoms with van der Waals surface area (Å²) in [5.74, 6) is 1.41. The number of benzene rings is 1. The minimum absolute atomic E-state index is 0.0277. The summed E-state index contributed by atoms with van der Waals surface area (Å²) < 4.78 is 6.39. The fraction of sp³-hybridized carbons (Fsp3) is 0.600. The third-order valence-corrected chi connectivity index (χ3v) is 5.25. The third-order valence-electron chi connectivity index (χ3n) is 5.25. The van der Waals surface area contributed by atoms with Crippen LogP contribution in [0.2, 0.25) is 0 Å². The molecule has 0 aromatic heterocycles. The summed E-state index contributed by atoms with van der Waals surface area (Å²) in [5, 5.41) is 3.21. The lowest BCUT2D eigenvalue weighted by Gasteiger charge is -2.46. The highest BCUT2D eigenvalue weighted by Crippen LogP contribution is 2.44. The van der Waals surface area contributed by atoms with Gasteiger partial charge >= 0.3 is 0 Å². The molecule has 1 spiro atoms. The molecule has 1 aromatic carbocycles. The number of nitrogens with zero attached hydrogens (tertiary/aromatic N) is 1. The molecule has 2 aliphatic heterocycles. The van der Waals surface area contributed by atoms with Gasteiger partial charge < -0.3 is 15.0 Å². The third kappa shape index (κ3) is 3.97. The second-order valence-corrected chi connectivity index (χ2v) is 7.75. The van der Waals surface area contributed by atoms with Crippen LogP contribution in [0.3, 0.4) is 0 Å². The zero-order valence-corrected chi connectivity index (χ0v) is 15.4. The molecule has 1 fully saturated rings. The maximum atomic E-state index is 12.3. The first-order valence-electron chi connectivity index (χ1n) is 9.21. The van der Waals surface area contributed by atoms with Crippen LogP contribution in [0.25, 0.3) is 0 Å². The number of nitrogens with one attached hydrogen (secondary N) is 1. The van der Waals surface area contributed by atoms with E-state index in [1.165, 1.54) is 0 Å². The van der Waals surface area contributed by atoms with Crippen LogP contribution in [0.15, 0.2) is 24.3 Å². The van der Waals surface area contributed by atoms with Gasteiger partial charge in [-0.2, -0.15) is 0 Å².